The zero-order chi connectivity index (χ0) is 18.7. The molecule has 0 bridgehead atoms. The molecule has 25 heavy (non-hydrogen) atoms. The van der Waals surface area contributed by atoms with E-state index in [-0.39, 0.29) is 5.82 Å². The number of anilines is 1. The minimum Gasteiger partial charge on any atom is -0.331 e. The van der Waals surface area contributed by atoms with Crippen molar-refractivity contribution in [1.82, 2.24) is 15.5 Å². The number of nitrogens with zero attached hydrogens (tertiary/aromatic N) is 2. The summed E-state index contributed by atoms with van der Waals surface area (Å²) < 4.78 is 67.3. The van der Waals surface area contributed by atoms with E-state index in [4.69, 9.17) is 0 Å². The van der Waals surface area contributed by atoms with Crippen molar-refractivity contribution in [2.45, 2.75) is 11.7 Å². The van der Waals surface area contributed by atoms with Gasteiger partial charge in [-0.1, -0.05) is 17.3 Å². The fraction of sp³-hybridized carbons (Fsp3) is 0.308. The number of nitrogens with one attached hydrogen (secondary N) is 2. The Bertz CT molecular complexity index is 852. The van der Waals surface area contributed by atoms with Gasteiger partial charge in [0.25, 0.3) is 5.92 Å². The third-order valence-corrected chi connectivity index (χ3v) is 3.60. The predicted octanol–water partition coefficient (Wildman–Crippen LogP) is 1.67. The summed E-state index contributed by atoms with van der Waals surface area (Å²) in [5.74, 6) is -4.77. The lowest BCUT2D eigenvalue weighted by molar-refractivity contribution is -0.000159. The van der Waals surface area contributed by atoms with Crippen LogP contribution >= 0.6 is 0 Å². The third kappa shape index (κ3) is 5.74. The Kier molecular flexibility index (Phi) is 5.30. The first-order chi connectivity index (χ1) is 11.5. The molecule has 2 N–H and O–H groups in total. The summed E-state index contributed by atoms with van der Waals surface area (Å²) in [6, 6.07) is 2.07. The van der Waals surface area contributed by atoms with Crippen molar-refractivity contribution in [2.75, 3.05) is 18.1 Å². The second-order valence-electron chi connectivity index (χ2n) is 5.10. The first-order valence-electron chi connectivity index (χ1n) is 6.74. The van der Waals surface area contributed by atoms with E-state index in [0.29, 0.717) is 0 Å². The summed E-state index contributed by atoms with van der Waals surface area (Å²) in [7, 11) is -3.39. The Labute approximate surface area is 140 Å². The molecule has 12 heteroatoms. The number of urea groups is 1. The molecule has 0 aliphatic rings. The Morgan fingerprint density at radius 1 is 1.28 bits per heavy atom. The van der Waals surface area contributed by atoms with Crippen LogP contribution in [-0.4, -0.2) is 37.4 Å². The minimum absolute atomic E-state index is 0.186. The molecule has 1 heterocycles. The number of carbonyl (C=O) groups is 1. The van der Waals surface area contributed by atoms with E-state index in [0.717, 1.165) is 30.5 Å². The maximum absolute atomic E-state index is 13.9. The van der Waals surface area contributed by atoms with Gasteiger partial charge in [0, 0.05) is 11.8 Å². The van der Waals surface area contributed by atoms with Gasteiger partial charge in [-0.15, -0.1) is 0 Å². The molecule has 0 unspecified atom stereocenters. The standard InChI is InChI=1S/C13H13F3N4O4S/c1-25(22,23)6-10-18-12(24-20-10)19-11(21)17-7-13(15,16)8-2-4-9(14)5-3-8/h2-5H,6-7H2,1H3,(H2,17,18,19,20,21). The van der Waals surface area contributed by atoms with Crippen LogP contribution in [0.4, 0.5) is 24.0 Å². The normalized spacial score (nSPS) is 12.0. The lowest BCUT2D eigenvalue weighted by Gasteiger charge is -2.17. The number of hydrogen-bond acceptors (Lipinski definition) is 6. The molecule has 0 fully saturated rings. The summed E-state index contributed by atoms with van der Waals surface area (Å²) in [6.45, 7) is -1.06. The molecule has 0 spiro atoms. The summed E-state index contributed by atoms with van der Waals surface area (Å²) >= 11 is 0. The van der Waals surface area contributed by atoms with Crippen LogP contribution < -0.4 is 10.6 Å². The number of halogens is 3. The van der Waals surface area contributed by atoms with Gasteiger partial charge in [-0.3, -0.25) is 5.32 Å². The van der Waals surface area contributed by atoms with Gasteiger partial charge in [0.15, 0.2) is 15.7 Å². The van der Waals surface area contributed by atoms with Gasteiger partial charge in [-0.2, -0.15) is 13.8 Å². The van der Waals surface area contributed by atoms with Gasteiger partial charge < -0.3 is 9.84 Å². The van der Waals surface area contributed by atoms with Gasteiger partial charge in [-0.25, -0.2) is 17.6 Å². The average Bonchev–Trinajstić information content (AvgIpc) is 2.90. The lowest BCUT2D eigenvalue weighted by Crippen LogP contribution is -2.37. The Hall–Kier alpha value is -2.63. The number of sulfone groups is 1. The van der Waals surface area contributed by atoms with Crippen molar-refractivity contribution in [3.05, 3.63) is 41.5 Å². The first kappa shape index (κ1) is 18.7. The molecule has 2 amide bonds. The Morgan fingerprint density at radius 3 is 2.52 bits per heavy atom. The number of amides is 2. The highest BCUT2D eigenvalue weighted by Crippen LogP contribution is 2.27. The number of aromatic nitrogens is 2. The summed E-state index contributed by atoms with van der Waals surface area (Å²) in [5, 5.41) is 7.23. The van der Waals surface area contributed by atoms with Crippen LogP contribution in [0.25, 0.3) is 0 Å². The van der Waals surface area contributed by atoms with E-state index in [2.05, 4.69) is 14.7 Å². The van der Waals surface area contributed by atoms with Crippen LogP contribution in [0, 0.1) is 5.82 Å². The molecule has 0 radical (unpaired) electrons. The maximum Gasteiger partial charge on any atom is 0.329 e. The molecule has 0 aliphatic heterocycles. The fourth-order valence-corrected chi connectivity index (χ4v) is 2.31. The highest BCUT2D eigenvalue weighted by atomic mass is 32.2. The smallest absolute Gasteiger partial charge is 0.329 e. The minimum atomic E-state index is -3.43. The molecule has 0 atom stereocenters. The SMILES string of the molecule is CS(=O)(=O)Cc1noc(NC(=O)NCC(F)(F)c2ccc(F)cc2)n1. The van der Waals surface area contributed by atoms with E-state index in [1.54, 1.807) is 0 Å². The molecule has 2 aromatic rings. The second kappa shape index (κ2) is 7.09. The van der Waals surface area contributed by atoms with Crippen LogP contribution in [0.2, 0.25) is 0 Å². The fourth-order valence-electron chi connectivity index (χ4n) is 1.73. The molecular formula is C13H13F3N4O4S. The molecule has 1 aromatic heterocycles. The predicted molar refractivity (Wildman–Crippen MR) is 80.2 cm³/mol. The number of hydrogen-bond donors (Lipinski definition) is 2. The zero-order valence-electron chi connectivity index (χ0n) is 12.8. The number of carbonyl (C=O) groups excluding carboxylic acids is 1. The van der Waals surface area contributed by atoms with Crippen molar-refractivity contribution in [3.8, 4) is 0 Å². The Balaban J connectivity index is 1.91. The van der Waals surface area contributed by atoms with Gasteiger partial charge in [0.1, 0.15) is 11.6 Å². The van der Waals surface area contributed by atoms with Crippen LogP contribution in [0.15, 0.2) is 28.8 Å². The van der Waals surface area contributed by atoms with Crippen LogP contribution in [-0.2, 0) is 21.5 Å². The van der Waals surface area contributed by atoms with Gasteiger partial charge >= 0.3 is 12.0 Å². The molecular weight excluding hydrogens is 365 g/mol. The van der Waals surface area contributed by atoms with Gasteiger partial charge in [-0.05, 0) is 12.1 Å². The van der Waals surface area contributed by atoms with E-state index in [1.807, 2.05) is 10.6 Å². The van der Waals surface area contributed by atoms with Crippen LogP contribution in [0.3, 0.4) is 0 Å². The Morgan fingerprint density at radius 2 is 1.92 bits per heavy atom. The van der Waals surface area contributed by atoms with Crippen molar-refractivity contribution >= 4 is 21.9 Å². The average molecular weight is 378 g/mol. The third-order valence-electron chi connectivity index (χ3n) is 2.82. The van der Waals surface area contributed by atoms with Gasteiger partial charge in [0.05, 0.1) is 6.54 Å². The highest BCUT2D eigenvalue weighted by Gasteiger charge is 2.32. The largest absolute Gasteiger partial charge is 0.331 e. The van der Waals surface area contributed by atoms with Crippen molar-refractivity contribution in [3.63, 3.8) is 0 Å². The van der Waals surface area contributed by atoms with Gasteiger partial charge in [0.2, 0.25) is 0 Å². The second-order valence-corrected chi connectivity index (χ2v) is 7.25. The van der Waals surface area contributed by atoms with E-state index in [9.17, 15) is 26.4 Å². The molecule has 2 rings (SSSR count). The molecule has 1 aromatic carbocycles. The molecule has 136 valence electrons. The highest BCUT2D eigenvalue weighted by molar-refractivity contribution is 7.89. The molecule has 0 saturated carbocycles. The molecule has 0 aliphatic carbocycles. The summed E-state index contributed by atoms with van der Waals surface area (Å²) in [5.41, 5.74) is -0.470. The van der Waals surface area contributed by atoms with Crippen molar-refractivity contribution in [2.24, 2.45) is 0 Å². The number of alkyl halides is 2. The van der Waals surface area contributed by atoms with E-state index >= 15 is 0 Å². The number of benzene rings is 1. The van der Waals surface area contributed by atoms with Crippen LogP contribution in [0.1, 0.15) is 11.4 Å². The lowest BCUT2D eigenvalue weighted by atomic mass is 10.1. The quantitative estimate of drug-likeness (QED) is 0.790. The maximum atomic E-state index is 13.9. The van der Waals surface area contributed by atoms with E-state index < -0.39 is 51.5 Å². The summed E-state index contributed by atoms with van der Waals surface area (Å²) in [4.78, 5) is 15.2. The van der Waals surface area contributed by atoms with Crippen LogP contribution in [0.5, 0.6) is 0 Å². The van der Waals surface area contributed by atoms with Crippen molar-refractivity contribution in [1.29, 1.82) is 0 Å². The molecule has 8 nitrogen and oxygen atoms in total. The monoisotopic (exact) mass is 378 g/mol. The van der Waals surface area contributed by atoms with Crippen molar-refractivity contribution < 1.29 is 30.9 Å². The molecule has 0 saturated heterocycles. The first-order valence-corrected chi connectivity index (χ1v) is 8.80. The number of rotatable bonds is 6. The summed E-state index contributed by atoms with van der Waals surface area (Å²) in [6.07, 6.45) is 0.959. The van der Waals surface area contributed by atoms with E-state index in [1.165, 1.54) is 0 Å². The zero-order valence-corrected chi connectivity index (χ0v) is 13.6. The topological polar surface area (TPSA) is 114 Å².